The maximum absolute atomic E-state index is 11.4. The van der Waals surface area contributed by atoms with Crippen molar-refractivity contribution in [1.82, 2.24) is 5.32 Å². The lowest BCUT2D eigenvalue weighted by Gasteiger charge is -2.22. The molecule has 0 aromatic carbocycles. The van der Waals surface area contributed by atoms with Crippen molar-refractivity contribution in [1.29, 1.82) is 0 Å². The fourth-order valence-electron chi connectivity index (χ4n) is 0.994. The predicted octanol–water partition coefficient (Wildman–Crippen LogP) is 0.301. The van der Waals surface area contributed by atoms with Crippen LogP contribution in [0.5, 0.6) is 0 Å². The number of hydrogen-bond donors (Lipinski definition) is 1. The molecular weight excluding hydrogens is 238 g/mol. The molecule has 0 aromatic heterocycles. The van der Waals surface area contributed by atoms with E-state index in [1.54, 1.807) is 0 Å². The van der Waals surface area contributed by atoms with E-state index in [0.717, 1.165) is 0 Å². The summed E-state index contributed by atoms with van der Waals surface area (Å²) in [5.41, 5.74) is 0. The van der Waals surface area contributed by atoms with Crippen LogP contribution < -0.4 is 5.32 Å². The number of alkyl halides is 1. The Bertz CT molecular complexity index is 169. The van der Waals surface area contributed by atoms with Crippen LogP contribution in [0.25, 0.3) is 0 Å². The Morgan fingerprint density at radius 1 is 1.69 bits per heavy atom. The number of ether oxygens (including phenoxy) is 2. The Balaban J connectivity index is 2.21. The van der Waals surface area contributed by atoms with Crippen LogP contribution in [-0.4, -0.2) is 43.2 Å². The van der Waals surface area contributed by atoms with Crippen molar-refractivity contribution in [2.75, 3.05) is 26.4 Å². The Morgan fingerprint density at radius 2 is 2.46 bits per heavy atom. The molecule has 1 saturated heterocycles. The molecule has 5 heteroatoms. The molecule has 13 heavy (non-hydrogen) atoms. The van der Waals surface area contributed by atoms with Crippen LogP contribution in [0.1, 0.15) is 6.92 Å². The van der Waals surface area contributed by atoms with Crippen LogP contribution in [0.15, 0.2) is 0 Å². The number of carbonyl (C=O) groups excluding carboxylic acids is 1. The molecule has 0 aliphatic carbocycles. The van der Waals surface area contributed by atoms with E-state index in [1.165, 1.54) is 0 Å². The van der Waals surface area contributed by atoms with Crippen LogP contribution in [0.4, 0.5) is 0 Å². The first-order valence-electron chi connectivity index (χ1n) is 4.31. The first kappa shape index (κ1) is 10.9. The molecule has 1 fully saturated rings. The summed E-state index contributed by atoms with van der Waals surface area (Å²) >= 11 is 3.34. The third-order valence-electron chi connectivity index (χ3n) is 1.67. The SMILES string of the molecule is CC(Br)CNC(=O)C1COCCO1. The summed E-state index contributed by atoms with van der Waals surface area (Å²) in [6, 6.07) is 0. The van der Waals surface area contributed by atoms with E-state index < -0.39 is 6.10 Å². The molecule has 1 rings (SSSR count). The molecule has 1 amide bonds. The third-order valence-corrected chi connectivity index (χ3v) is 1.99. The zero-order chi connectivity index (χ0) is 9.68. The molecule has 76 valence electrons. The minimum Gasteiger partial charge on any atom is -0.376 e. The molecule has 1 aliphatic rings. The summed E-state index contributed by atoms with van der Waals surface area (Å²) in [5.74, 6) is -0.0917. The fraction of sp³-hybridized carbons (Fsp3) is 0.875. The second-order valence-electron chi connectivity index (χ2n) is 2.96. The number of amides is 1. The molecule has 1 heterocycles. The van der Waals surface area contributed by atoms with Crippen LogP contribution in [-0.2, 0) is 14.3 Å². The van der Waals surface area contributed by atoms with Gasteiger partial charge in [-0.05, 0) is 0 Å². The summed E-state index contributed by atoms with van der Waals surface area (Å²) < 4.78 is 10.3. The van der Waals surface area contributed by atoms with Gasteiger partial charge in [0.1, 0.15) is 0 Å². The molecular formula is C8H14BrNO3. The van der Waals surface area contributed by atoms with Gasteiger partial charge in [-0.15, -0.1) is 0 Å². The fourth-order valence-corrected chi connectivity index (χ4v) is 1.16. The second-order valence-corrected chi connectivity index (χ2v) is 4.52. The summed E-state index contributed by atoms with van der Waals surface area (Å²) in [6.45, 7) is 4.03. The highest BCUT2D eigenvalue weighted by molar-refractivity contribution is 9.09. The molecule has 0 bridgehead atoms. The Labute approximate surface area is 86.1 Å². The summed E-state index contributed by atoms with van der Waals surface area (Å²) in [5, 5.41) is 2.76. The third kappa shape index (κ3) is 4.06. The van der Waals surface area contributed by atoms with E-state index in [-0.39, 0.29) is 10.7 Å². The normalized spacial score (nSPS) is 25.2. The van der Waals surface area contributed by atoms with Gasteiger partial charge in [0.2, 0.25) is 0 Å². The van der Waals surface area contributed by atoms with E-state index >= 15 is 0 Å². The molecule has 2 atom stereocenters. The second kappa shape index (κ2) is 5.57. The topological polar surface area (TPSA) is 47.6 Å². The van der Waals surface area contributed by atoms with Gasteiger partial charge < -0.3 is 14.8 Å². The van der Waals surface area contributed by atoms with Gasteiger partial charge in [0, 0.05) is 11.4 Å². The largest absolute Gasteiger partial charge is 0.376 e. The molecule has 1 N–H and O–H groups in total. The lowest BCUT2D eigenvalue weighted by atomic mass is 10.3. The van der Waals surface area contributed by atoms with Crippen molar-refractivity contribution in [2.45, 2.75) is 17.9 Å². The minimum absolute atomic E-state index is 0.0917. The highest BCUT2D eigenvalue weighted by atomic mass is 79.9. The zero-order valence-corrected chi connectivity index (χ0v) is 9.17. The summed E-state index contributed by atoms with van der Waals surface area (Å²) in [6.07, 6.45) is -0.431. The van der Waals surface area contributed by atoms with Gasteiger partial charge in [0.05, 0.1) is 19.8 Å². The molecule has 0 radical (unpaired) electrons. The first-order chi connectivity index (χ1) is 6.20. The van der Waals surface area contributed by atoms with Crippen molar-refractivity contribution < 1.29 is 14.3 Å². The van der Waals surface area contributed by atoms with Crippen LogP contribution in [0, 0.1) is 0 Å². The highest BCUT2D eigenvalue weighted by Crippen LogP contribution is 2.01. The number of nitrogens with one attached hydrogen (secondary N) is 1. The monoisotopic (exact) mass is 251 g/mol. The van der Waals surface area contributed by atoms with Gasteiger partial charge in [-0.3, -0.25) is 4.79 Å². The maximum atomic E-state index is 11.4. The smallest absolute Gasteiger partial charge is 0.251 e. The number of hydrogen-bond acceptors (Lipinski definition) is 3. The zero-order valence-electron chi connectivity index (χ0n) is 7.59. The van der Waals surface area contributed by atoms with E-state index in [9.17, 15) is 4.79 Å². The van der Waals surface area contributed by atoms with Crippen molar-refractivity contribution in [2.24, 2.45) is 0 Å². The van der Waals surface area contributed by atoms with Crippen LogP contribution >= 0.6 is 15.9 Å². The predicted molar refractivity (Wildman–Crippen MR) is 52.0 cm³/mol. The van der Waals surface area contributed by atoms with E-state index in [1.807, 2.05) is 6.92 Å². The number of halogens is 1. The average Bonchev–Trinajstić information content (AvgIpc) is 2.15. The van der Waals surface area contributed by atoms with Gasteiger partial charge in [-0.25, -0.2) is 0 Å². The van der Waals surface area contributed by atoms with Gasteiger partial charge in [0.25, 0.3) is 5.91 Å². The summed E-state index contributed by atoms with van der Waals surface area (Å²) in [7, 11) is 0. The first-order valence-corrected chi connectivity index (χ1v) is 5.23. The van der Waals surface area contributed by atoms with Crippen molar-refractivity contribution >= 4 is 21.8 Å². The van der Waals surface area contributed by atoms with E-state index in [2.05, 4.69) is 21.2 Å². The Kier molecular flexibility index (Phi) is 4.69. The van der Waals surface area contributed by atoms with Crippen LogP contribution in [0.3, 0.4) is 0 Å². The average molecular weight is 252 g/mol. The standard InChI is InChI=1S/C8H14BrNO3/c1-6(9)4-10-8(11)7-5-12-2-3-13-7/h6-7H,2-5H2,1H3,(H,10,11). The van der Waals surface area contributed by atoms with Gasteiger partial charge >= 0.3 is 0 Å². The minimum atomic E-state index is -0.431. The number of rotatable bonds is 3. The van der Waals surface area contributed by atoms with E-state index in [4.69, 9.17) is 9.47 Å². The van der Waals surface area contributed by atoms with Gasteiger partial charge in [0.15, 0.2) is 6.10 Å². The Hall–Kier alpha value is -0.130. The quantitative estimate of drug-likeness (QED) is 0.735. The Morgan fingerprint density at radius 3 is 3.00 bits per heavy atom. The highest BCUT2D eigenvalue weighted by Gasteiger charge is 2.22. The molecule has 1 aliphatic heterocycles. The van der Waals surface area contributed by atoms with Gasteiger partial charge in [-0.1, -0.05) is 22.9 Å². The lowest BCUT2D eigenvalue weighted by Crippen LogP contribution is -2.44. The van der Waals surface area contributed by atoms with Gasteiger partial charge in [-0.2, -0.15) is 0 Å². The van der Waals surface area contributed by atoms with Crippen molar-refractivity contribution in [3.05, 3.63) is 0 Å². The van der Waals surface area contributed by atoms with Crippen molar-refractivity contribution in [3.63, 3.8) is 0 Å². The van der Waals surface area contributed by atoms with Crippen LogP contribution in [0.2, 0.25) is 0 Å². The summed E-state index contributed by atoms with van der Waals surface area (Å²) in [4.78, 5) is 11.6. The lowest BCUT2D eigenvalue weighted by molar-refractivity contribution is -0.147. The molecule has 0 aromatic rings. The van der Waals surface area contributed by atoms with E-state index in [0.29, 0.717) is 26.4 Å². The molecule has 0 saturated carbocycles. The number of carbonyl (C=O) groups is 1. The molecule has 0 spiro atoms. The maximum Gasteiger partial charge on any atom is 0.251 e. The molecule has 2 unspecified atom stereocenters. The molecule has 4 nitrogen and oxygen atoms in total. The van der Waals surface area contributed by atoms with Crippen molar-refractivity contribution in [3.8, 4) is 0 Å².